The lowest BCUT2D eigenvalue weighted by atomic mass is 10.0. The number of carbonyl (C=O) groups is 2. The van der Waals surface area contributed by atoms with E-state index in [9.17, 15) is 9.59 Å². The molecule has 7 heteroatoms. The highest BCUT2D eigenvalue weighted by molar-refractivity contribution is 6.00. The molecule has 1 aromatic heterocycles. The van der Waals surface area contributed by atoms with Crippen molar-refractivity contribution in [3.63, 3.8) is 0 Å². The van der Waals surface area contributed by atoms with Crippen molar-refractivity contribution >= 4 is 23.4 Å². The number of nitrogens with one attached hydrogen (secondary N) is 2. The number of hydrogen-bond donors (Lipinski definition) is 2. The summed E-state index contributed by atoms with van der Waals surface area (Å²) in [5.41, 5.74) is 1.77. The number of aromatic nitrogens is 2. The third kappa shape index (κ3) is 3.81. The fourth-order valence-corrected chi connectivity index (χ4v) is 3.08. The molecule has 1 aromatic carbocycles. The molecule has 2 aromatic rings. The highest BCUT2D eigenvalue weighted by atomic mass is 16.2. The molecule has 132 valence electrons. The van der Waals surface area contributed by atoms with Gasteiger partial charge in [0.05, 0.1) is 6.20 Å². The first-order chi connectivity index (χ1) is 12.1. The van der Waals surface area contributed by atoms with Crippen LogP contribution in [0.5, 0.6) is 0 Å². The van der Waals surface area contributed by atoms with Crippen LogP contribution >= 0.6 is 0 Å². The first-order valence-electron chi connectivity index (χ1n) is 8.56. The number of amides is 3. The molecule has 0 bridgehead atoms. The molecule has 1 aliphatic heterocycles. The molecular formula is C18H23N5O2. The van der Waals surface area contributed by atoms with Gasteiger partial charge in [0.1, 0.15) is 11.9 Å². The molecular weight excluding hydrogens is 318 g/mol. The third-order valence-electron chi connectivity index (χ3n) is 4.29. The van der Waals surface area contributed by atoms with Crippen molar-refractivity contribution in [2.75, 3.05) is 16.8 Å². The predicted molar refractivity (Wildman–Crippen MR) is 96.6 cm³/mol. The lowest BCUT2D eigenvalue weighted by Gasteiger charge is -2.32. The van der Waals surface area contributed by atoms with Crippen LogP contribution in [0.15, 0.2) is 36.5 Å². The van der Waals surface area contributed by atoms with E-state index in [0.29, 0.717) is 25.2 Å². The smallest absolute Gasteiger partial charge is 0.319 e. The molecule has 7 nitrogen and oxygen atoms in total. The van der Waals surface area contributed by atoms with Crippen LogP contribution in [0.1, 0.15) is 25.3 Å². The Morgan fingerprint density at radius 3 is 2.96 bits per heavy atom. The number of rotatable bonds is 4. The Labute approximate surface area is 147 Å². The first-order valence-corrected chi connectivity index (χ1v) is 8.56. The number of aryl methyl sites for hydroxylation is 2. The minimum Gasteiger partial charge on any atom is -0.326 e. The van der Waals surface area contributed by atoms with E-state index in [1.165, 1.54) is 0 Å². The van der Waals surface area contributed by atoms with Gasteiger partial charge in [-0.1, -0.05) is 12.1 Å². The minimum atomic E-state index is -0.529. The van der Waals surface area contributed by atoms with Gasteiger partial charge in [-0.15, -0.1) is 0 Å². The monoisotopic (exact) mass is 341 g/mol. The lowest BCUT2D eigenvalue weighted by molar-refractivity contribution is -0.121. The molecule has 0 aliphatic carbocycles. The first kappa shape index (κ1) is 17.0. The highest BCUT2D eigenvalue weighted by Gasteiger charge is 2.32. The molecule has 0 saturated carbocycles. The molecule has 1 unspecified atom stereocenters. The highest BCUT2D eigenvalue weighted by Crippen LogP contribution is 2.21. The summed E-state index contributed by atoms with van der Waals surface area (Å²) in [5.74, 6) is 0.680. The third-order valence-corrected chi connectivity index (χ3v) is 4.29. The average molecular weight is 341 g/mol. The zero-order valence-corrected chi connectivity index (χ0v) is 14.5. The minimum absolute atomic E-state index is 0.0964. The van der Waals surface area contributed by atoms with E-state index in [1.807, 2.05) is 44.2 Å². The van der Waals surface area contributed by atoms with Gasteiger partial charge >= 0.3 is 6.03 Å². The van der Waals surface area contributed by atoms with Gasteiger partial charge in [-0.3, -0.25) is 9.69 Å². The molecule has 2 N–H and O–H groups in total. The Kier molecular flexibility index (Phi) is 5.02. The molecule has 1 saturated heterocycles. The van der Waals surface area contributed by atoms with E-state index in [1.54, 1.807) is 15.8 Å². The maximum Gasteiger partial charge on any atom is 0.319 e. The molecule has 2 heterocycles. The SMILES string of the molecule is CCn1nccc1N1CCCC(NC(=O)Nc2cccc(C)c2)C1=O. The second-order valence-electron chi connectivity index (χ2n) is 6.16. The fourth-order valence-electron chi connectivity index (χ4n) is 3.08. The quantitative estimate of drug-likeness (QED) is 0.897. The Balaban J connectivity index is 1.66. The maximum atomic E-state index is 12.8. The van der Waals surface area contributed by atoms with Crippen molar-refractivity contribution in [1.82, 2.24) is 15.1 Å². The van der Waals surface area contributed by atoms with Gasteiger partial charge in [0.15, 0.2) is 0 Å². The second-order valence-corrected chi connectivity index (χ2v) is 6.16. The van der Waals surface area contributed by atoms with Crippen molar-refractivity contribution in [1.29, 1.82) is 0 Å². The van der Waals surface area contributed by atoms with E-state index < -0.39 is 6.04 Å². The summed E-state index contributed by atoms with van der Waals surface area (Å²) in [6.07, 6.45) is 3.15. The normalized spacial score (nSPS) is 17.4. The average Bonchev–Trinajstić information content (AvgIpc) is 3.05. The van der Waals surface area contributed by atoms with Gasteiger partial charge in [0.25, 0.3) is 5.91 Å². The molecule has 25 heavy (non-hydrogen) atoms. The van der Waals surface area contributed by atoms with Crippen LogP contribution in [0.25, 0.3) is 0 Å². The van der Waals surface area contributed by atoms with E-state index in [2.05, 4.69) is 15.7 Å². The van der Waals surface area contributed by atoms with Crippen molar-refractivity contribution in [3.05, 3.63) is 42.1 Å². The number of carbonyl (C=O) groups excluding carboxylic acids is 2. The Hall–Kier alpha value is -2.83. The molecule has 0 radical (unpaired) electrons. The molecule has 3 rings (SSSR count). The summed E-state index contributed by atoms with van der Waals surface area (Å²) in [5, 5.41) is 9.80. The number of hydrogen-bond acceptors (Lipinski definition) is 3. The lowest BCUT2D eigenvalue weighted by Crippen LogP contribution is -2.53. The van der Waals surface area contributed by atoms with E-state index >= 15 is 0 Å². The van der Waals surface area contributed by atoms with Gasteiger partial charge < -0.3 is 10.6 Å². The van der Waals surface area contributed by atoms with E-state index in [4.69, 9.17) is 0 Å². The van der Waals surface area contributed by atoms with Crippen molar-refractivity contribution in [2.45, 2.75) is 39.3 Å². The van der Waals surface area contributed by atoms with Gasteiger partial charge in [-0.05, 0) is 44.4 Å². The summed E-state index contributed by atoms with van der Waals surface area (Å²) < 4.78 is 1.78. The Bertz CT molecular complexity index is 770. The van der Waals surface area contributed by atoms with Gasteiger partial charge in [0, 0.05) is 24.8 Å². The zero-order chi connectivity index (χ0) is 17.8. The van der Waals surface area contributed by atoms with Crippen LogP contribution in [0.4, 0.5) is 16.3 Å². The summed E-state index contributed by atoms with van der Waals surface area (Å²) in [7, 11) is 0. The van der Waals surface area contributed by atoms with Crippen LogP contribution in [-0.2, 0) is 11.3 Å². The van der Waals surface area contributed by atoms with E-state index in [0.717, 1.165) is 17.8 Å². The van der Waals surface area contributed by atoms with Crippen LogP contribution < -0.4 is 15.5 Å². The largest absolute Gasteiger partial charge is 0.326 e. The summed E-state index contributed by atoms with van der Waals surface area (Å²) >= 11 is 0. The number of anilines is 2. The molecule has 1 fully saturated rings. The summed E-state index contributed by atoms with van der Waals surface area (Å²) in [6.45, 7) is 5.28. The molecule has 1 atom stereocenters. The standard InChI is InChI=1S/C18H23N5O2/c1-3-23-16(9-10-19-23)22-11-5-8-15(17(22)24)21-18(25)20-14-7-4-6-13(2)12-14/h4,6-7,9-10,12,15H,3,5,8,11H2,1-2H3,(H2,20,21,25). The number of benzene rings is 1. The number of piperidine rings is 1. The van der Waals surface area contributed by atoms with Gasteiger partial charge in [-0.25, -0.2) is 9.48 Å². The van der Waals surface area contributed by atoms with Crippen LogP contribution in [0.2, 0.25) is 0 Å². The Morgan fingerprint density at radius 1 is 1.36 bits per heavy atom. The maximum absolute atomic E-state index is 12.8. The van der Waals surface area contributed by atoms with E-state index in [-0.39, 0.29) is 11.9 Å². The number of nitrogens with zero attached hydrogens (tertiary/aromatic N) is 3. The van der Waals surface area contributed by atoms with Crippen LogP contribution in [0.3, 0.4) is 0 Å². The van der Waals surface area contributed by atoms with Crippen molar-refractivity contribution in [2.24, 2.45) is 0 Å². The van der Waals surface area contributed by atoms with Crippen molar-refractivity contribution in [3.8, 4) is 0 Å². The van der Waals surface area contributed by atoms with Crippen LogP contribution in [0, 0.1) is 6.92 Å². The Morgan fingerprint density at radius 2 is 2.20 bits per heavy atom. The van der Waals surface area contributed by atoms with Crippen molar-refractivity contribution < 1.29 is 9.59 Å². The molecule has 1 aliphatic rings. The van der Waals surface area contributed by atoms with Gasteiger partial charge in [0.2, 0.25) is 0 Å². The predicted octanol–water partition coefficient (Wildman–Crippen LogP) is 2.53. The molecule has 3 amide bonds. The fraction of sp³-hybridized carbons (Fsp3) is 0.389. The second kappa shape index (κ2) is 7.38. The number of urea groups is 1. The van der Waals surface area contributed by atoms with Gasteiger partial charge in [-0.2, -0.15) is 5.10 Å². The topological polar surface area (TPSA) is 79.3 Å². The van der Waals surface area contributed by atoms with Crippen LogP contribution in [-0.4, -0.2) is 34.3 Å². The molecule has 0 spiro atoms. The zero-order valence-electron chi connectivity index (χ0n) is 14.5. The summed E-state index contributed by atoms with van der Waals surface area (Å²) in [4.78, 5) is 26.7. The summed E-state index contributed by atoms with van der Waals surface area (Å²) in [6, 6.07) is 8.48.